The normalized spacial score (nSPS) is 10.8. The van der Waals surface area contributed by atoms with Crippen LogP contribution >= 0.6 is 0 Å². The van der Waals surface area contributed by atoms with Crippen LogP contribution in [-0.2, 0) is 6.54 Å². The fourth-order valence-corrected chi connectivity index (χ4v) is 1.55. The van der Waals surface area contributed by atoms with Gasteiger partial charge in [0.2, 0.25) is 0 Å². The Morgan fingerprint density at radius 1 is 1.25 bits per heavy atom. The van der Waals surface area contributed by atoms with Gasteiger partial charge in [-0.15, -0.1) is 6.58 Å². The zero-order chi connectivity index (χ0) is 12.0. The molecule has 88 valence electrons. The average Bonchev–Trinajstić information content (AvgIpc) is 2.25. The Labute approximate surface area is 99.6 Å². The van der Waals surface area contributed by atoms with E-state index in [1.807, 2.05) is 0 Å². The number of hydrogen-bond acceptors (Lipinski definition) is 1. The van der Waals surface area contributed by atoms with Crippen molar-refractivity contribution in [2.45, 2.75) is 39.7 Å². The first-order valence-corrected chi connectivity index (χ1v) is 6.03. The number of nitrogens with one attached hydrogen (secondary N) is 1. The smallest absolute Gasteiger partial charge is 0.0205 e. The first-order chi connectivity index (χ1) is 7.59. The Morgan fingerprint density at radius 2 is 1.88 bits per heavy atom. The van der Waals surface area contributed by atoms with E-state index in [0.717, 1.165) is 19.5 Å². The van der Waals surface area contributed by atoms with E-state index < -0.39 is 0 Å². The molecule has 0 atom stereocenters. The lowest BCUT2D eigenvalue weighted by Gasteiger charge is -2.08. The lowest BCUT2D eigenvalue weighted by atomic mass is 10.0. The molecule has 0 unspecified atom stereocenters. The summed E-state index contributed by atoms with van der Waals surface area (Å²) < 4.78 is 0. The molecule has 0 aliphatic carbocycles. The summed E-state index contributed by atoms with van der Waals surface area (Å²) in [7, 11) is 0. The van der Waals surface area contributed by atoms with Crippen molar-refractivity contribution in [1.82, 2.24) is 5.32 Å². The van der Waals surface area contributed by atoms with Gasteiger partial charge >= 0.3 is 0 Å². The quantitative estimate of drug-likeness (QED) is 0.563. The Kier molecular flexibility index (Phi) is 5.27. The van der Waals surface area contributed by atoms with E-state index in [1.165, 1.54) is 16.7 Å². The molecule has 0 radical (unpaired) electrons. The molecule has 0 bridgehead atoms. The van der Waals surface area contributed by atoms with Gasteiger partial charge < -0.3 is 5.32 Å². The Balaban J connectivity index is 2.35. The van der Waals surface area contributed by atoms with E-state index in [4.69, 9.17) is 0 Å². The SMILES string of the molecule is C=C(C)CCNCc1ccc(C(C)C)cc1. The zero-order valence-corrected chi connectivity index (χ0v) is 10.7. The minimum atomic E-state index is 0.616. The summed E-state index contributed by atoms with van der Waals surface area (Å²) in [6.07, 6.45) is 1.06. The van der Waals surface area contributed by atoms with Crippen LogP contribution in [0.2, 0.25) is 0 Å². The Hall–Kier alpha value is -1.08. The van der Waals surface area contributed by atoms with Crippen molar-refractivity contribution in [2.75, 3.05) is 6.54 Å². The maximum Gasteiger partial charge on any atom is 0.0205 e. The molecule has 1 N–H and O–H groups in total. The van der Waals surface area contributed by atoms with Crippen molar-refractivity contribution >= 4 is 0 Å². The van der Waals surface area contributed by atoms with E-state index in [9.17, 15) is 0 Å². The van der Waals surface area contributed by atoms with Gasteiger partial charge in [-0.25, -0.2) is 0 Å². The molecule has 0 spiro atoms. The third-order valence-corrected chi connectivity index (χ3v) is 2.70. The molecular weight excluding hydrogens is 194 g/mol. The monoisotopic (exact) mass is 217 g/mol. The summed E-state index contributed by atoms with van der Waals surface area (Å²) in [4.78, 5) is 0. The van der Waals surface area contributed by atoms with Crippen LogP contribution in [0.3, 0.4) is 0 Å². The van der Waals surface area contributed by atoms with Crippen LogP contribution < -0.4 is 5.32 Å². The largest absolute Gasteiger partial charge is 0.312 e. The lowest BCUT2D eigenvalue weighted by Crippen LogP contribution is -2.14. The van der Waals surface area contributed by atoms with E-state index in [1.54, 1.807) is 0 Å². The summed E-state index contributed by atoms with van der Waals surface area (Å²) in [6.45, 7) is 12.4. The van der Waals surface area contributed by atoms with Gasteiger partial charge in [0.15, 0.2) is 0 Å². The summed E-state index contributed by atoms with van der Waals surface area (Å²) in [5.74, 6) is 0.616. The summed E-state index contributed by atoms with van der Waals surface area (Å²) in [6, 6.07) is 8.87. The van der Waals surface area contributed by atoms with Crippen LogP contribution in [0.15, 0.2) is 36.4 Å². The molecule has 1 rings (SSSR count). The second kappa shape index (κ2) is 6.49. The van der Waals surface area contributed by atoms with Crippen LogP contribution in [0.1, 0.15) is 44.2 Å². The minimum Gasteiger partial charge on any atom is -0.312 e. The van der Waals surface area contributed by atoms with E-state index in [2.05, 4.69) is 56.9 Å². The van der Waals surface area contributed by atoms with Gasteiger partial charge in [0.05, 0.1) is 0 Å². The highest BCUT2D eigenvalue weighted by molar-refractivity contribution is 5.24. The molecule has 1 aromatic carbocycles. The molecule has 0 aliphatic heterocycles. The van der Waals surface area contributed by atoms with Crippen molar-refractivity contribution in [3.05, 3.63) is 47.5 Å². The molecule has 0 heterocycles. The number of hydrogen-bond donors (Lipinski definition) is 1. The van der Waals surface area contributed by atoms with Crippen LogP contribution in [0.25, 0.3) is 0 Å². The maximum absolute atomic E-state index is 3.89. The second-order valence-corrected chi connectivity index (χ2v) is 4.78. The van der Waals surface area contributed by atoms with Gasteiger partial charge in [-0.05, 0) is 36.9 Å². The van der Waals surface area contributed by atoms with Gasteiger partial charge in [-0.3, -0.25) is 0 Å². The molecule has 0 aromatic heterocycles. The molecule has 0 saturated heterocycles. The predicted molar refractivity (Wildman–Crippen MR) is 71.7 cm³/mol. The summed E-state index contributed by atoms with van der Waals surface area (Å²) in [5, 5.41) is 3.42. The minimum absolute atomic E-state index is 0.616. The van der Waals surface area contributed by atoms with Crippen LogP contribution in [0, 0.1) is 0 Å². The van der Waals surface area contributed by atoms with Gasteiger partial charge in [0.25, 0.3) is 0 Å². The fraction of sp³-hybridized carbons (Fsp3) is 0.467. The van der Waals surface area contributed by atoms with Crippen molar-refractivity contribution in [2.24, 2.45) is 0 Å². The van der Waals surface area contributed by atoms with Crippen LogP contribution in [0.4, 0.5) is 0 Å². The predicted octanol–water partition coefficient (Wildman–Crippen LogP) is 3.87. The summed E-state index contributed by atoms with van der Waals surface area (Å²) in [5.41, 5.74) is 4.00. The molecule has 0 aliphatic rings. The second-order valence-electron chi connectivity index (χ2n) is 4.78. The topological polar surface area (TPSA) is 12.0 Å². The van der Waals surface area contributed by atoms with Crippen LogP contribution in [0.5, 0.6) is 0 Å². The molecule has 0 amide bonds. The molecule has 1 heteroatoms. The van der Waals surface area contributed by atoms with Gasteiger partial charge in [-0.2, -0.15) is 0 Å². The zero-order valence-electron chi connectivity index (χ0n) is 10.7. The van der Waals surface area contributed by atoms with Gasteiger partial charge in [0, 0.05) is 6.54 Å². The Bertz CT molecular complexity index is 322. The molecule has 16 heavy (non-hydrogen) atoms. The fourth-order valence-electron chi connectivity index (χ4n) is 1.55. The lowest BCUT2D eigenvalue weighted by molar-refractivity contribution is 0.684. The van der Waals surface area contributed by atoms with Crippen molar-refractivity contribution in [1.29, 1.82) is 0 Å². The molecule has 1 aromatic rings. The van der Waals surface area contributed by atoms with E-state index >= 15 is 0 Å². The van der Waals surface area contributed by atoms with Gasteiger partial charge in [0.1, 0.15) is 0 Å². The van der Waals surface area contributed by atoms with E-state index in [0.29, 0.717) is 5.92 Å². The summed E-state index contributed by atoms with van der Waals surface area (Å²) >= 11 is 0. The van der Waals surface area contributed by atoms with Crippen LogP contribution in [-0.4, -0.2) is 6.54 Å². The standard InChI is InChI=1S/C15H23N/c1-12(2)9-10-16-11-14-5-7-15(8-6-14)13(3)4/h5-8,13,16H,1,9-11H2,2-4H3. The first-order valence-electron chi connectivity index (χ1n) is 6.03. The van der Waals surface area contributed by atoms with E-state index in [-0.39, 0.29) is 0 Å². The highest BCUT2D eigenvalue weighted by Crippen LogP contribution is 2.14. The Morgan fingerprint density at radius 3 is 2.38 bits per heavy atom. The molecule has 1 nitrogen and oxygen atoms in total. The average molecular weight is 217 g/mol. The molecule has 0 saturated carbocycles. The molecular formula is C15H23N. The number of rotatable bonds is 6. The third-order valence-electron chi connectivity index (χ3n) is 2.70. The third kappa shape index (κ3) is 4.63. The maximum atomic E-state index is 3.89. The molecule has 0 fully saturated rings. The van der Waals surface area contributed by atoms with Crippen molar-refractivity contribution in [3.63, 3.8) is 0 Å². The first kappa shape index (κ1) is 13.0. The van der Waals surface area contributed by atoms with Gasteiger partial charge in [-0.1, -0.05) is 43.7 Å². The highest BCUT2D eigenvalue weighted by atomic mass is 14.8. The highest BCUT2D eigenvalue weighted by Gasteiger charge is 1.98. The van der Waals surface area contributed by atoms with Crippen molar-refractivity contribution < 1.29 is 0 Å². The van der Waals surface area contributed by atoms with Crippen molar-refractivity contribution in [3.8, 4) is 0 Å². The number of benzene rings is 1.